The van der Waals surface area contributed by atoms with Crippen LogP contribution in [-0.2, 0) is 4.74 Å². The lowest BCUT2D eigenvalue weighted by atomic mass is 10.0. The molecule has 0 radical (unpaired) electrons. The van der Waals surface area contributed by atoms with Crippen LogP contribution in [0.5, 0.6) is 5.75 Å². The van der Waals surface area contributed by atoms with Crippen LogP contribution in [0.1, 0.15) is 24.5 Å². The first-order valence-electron chi connectivity index (χ1n) is 8.19. The molecule has 1 aliphatic rings. The predicted octanol–water partition coefficient (Wildman–Crippen LogP) is 2.75. The van der Waals surface area contributed by atoms with Gasteiger partial charge in [-0.2, -0.15) is 0 Å². The van der Waals surface area contributed by atoms with E-state index in [2.05, 4.69) is 9.88 Å². The molecule has 1 fully saturated rings. The van der Waals surface area contributed by atoms with Crippen molar-refractivity contribution < 1.29 is 9.47 Å². The molecule has 6 nitrogen and oxygen atoms in total. The third-order valence-electron chi connectivity index (χ3n) is 4.40. The Morgan fingerprint density at radius 2 is 2.12 bits per heavy atom. The van der Waals surface area contributed by atoms with Crippen molar-refractivity contribution in [3.05, 3.63) is 23.3 Å². The van der Waals surface area contributed by atoms with Gasteiger partial charge in [0.15, 0.2) is 0 Å². The number of aryl methyl sites for hydroxylation is 1. The van der Waals surface area contributed by atoms with E-state index in [1.807, 2.05) is 19.1 Å². The molecule has 6 heteroatoms. The van der Waals surface area contributed by atoms with E-state index in [4.69, 9.17) is 20.6 Å². The fraction of sp³-hybridized carbons (Fsp3) is 0.444. The highest BCUT2D eigenvalue weighted by Gasteiger charge is 2.22. The fourth-order valence-electron chi connectivity index (χ4n) is 3.29. The molecule has 0 atom stereocenters. The second kappa shape index (κ2) is 6.65. The molecule has 3 rings (SSSR count). The normalized spacial score (nSPS) is 15.4. The summed E-state index contributed by atoms with van der Waals surface area (Å²) in [5, 5.41) is 9.19. The van der Waals surface area contributed by atoms with E-state index in [9.17, 15) is 0 Å². The summed E-state index contributed by atoms with van der Waals surface area (Å²) in [5.74, 6) is 1.19. The van der Waals surface area contributed by atoms with Crippen molar-refractivity contribution >= 4 is 28.1 Å². The molecule has 1 aromatic carbocycles. The van der Waals surface area contributed by atoms with Crippen molar-refractivity contribution in [1.82, 2.24) is 4.98 Å². The monoisotopic (exact) mass is 328 g/mol. The van der Waals surface area contributed by atoms with Gasteiger partial charge in [0.1, 0.15) is 11.6 Å². The molecule has 0 saturated carbocycles. The summed E-state index contributed by atoms with van der Waals surface area (Å²) >= 11 is 0. The molecule has 128 valence electrons. The summed E-state index contributed by atoms with van der Waals surface area (Å²) < 4.78 is 11.0. The Morgan fingerprint density at radius 3 is 2.83 bits per heavy atom. The molecule has 0 spiro atoms. The number of aromatic nitrogens is 1. The van der Waals surface area contributed by atoms with Crippen LogP contribution in [0.25, 0.3) is 10.9 Å². The number of nitrogens with one attached hydrogen (secondary N) is 1. The lowest BCUT2D eigenvalue weighted by molar-refractivity contribution is 0.152. The second-order valence-corrected chi connectivity index (χ2v) is 6.14. The minimum absolute atomic E-state index is 0.406. The van der Waals surface area contributed by atoms with Crippen LogP contribution < -0.4 is 15.4 Å². The Morgan fingerprint density at radius 1 is 1.33 bits per heavy atom. The first kappa shape index (κ1) is 16.5. The Hall–Kier alpha value is -2.34. The van der Waals surface area contributed by atoms with E-state index in [1.54, 1.807) is 14.0 Å². The molecule has 2 aromatic rings. The Bertz CT molecular complexity index is 780. The zero-order chi connectivity index (χ0) is 17.3. The summed E-state index contributed by atoms with van der Waals surface area (Å²) in [6, 6.07) is 3.95. The van der Waals surface area contributed by atoms with Gasteiger partial charge in [0.2, 0.25) is 0 Å². The van der Waals surface area contributed by atoms with Gasteiger partial charge in [0, 0.05) is 30.8 Å². The van der Waals surface area contributed by atoms with Crippen molar-refractivity contribution in [3.63, 3.8) is 0 Å². The van der Waals surface area contributed by atoms with Gasteiger partial charge in [0.25, 0.3) is 0 Å². The van der Waals surface area contributed by atoms with E-state index in [0.29, 0.717) is 23.7 Å². The van der Waals surface area contributed by atoms with Crippen molar-refractivity contribution in [2.24, 2.45) is 0 Å². The molecule has 0 bridgehead atoms. The minimum Gasteiger partial charge on any atom is -0.497 e. The van der Waals surface area contributed by atoms with Gasteiger partial charge in [-0.05, 0) is 38.0 Å². The largest absolute Gasteiger partial charge is 0.497 e. The standard InChI is InChI=1S/C18H24N4O2/c1-11-9-13(23-3)10-14-16(11)21-18(20)15(12(2)19)17(14)22-5-4-7-24-8-6-22/h9-10,19H,4-8H2,1-3H3,(H2,20,21). The second-order valence-electron chi connectivity index (χ2n) is 6.14. The summed E-state index contributed by atoms with van der Waals surface area (Å²) in [6.07, 6.45) is 0.948. The Kier molecular flexibility index (Phi) is 4.57. The minimum atomic E-state index is 0.406. The number of pyridine rings is 1. The number of benzene rings is 1. The first-order valence-corrected chi connectivity index (χ1v) is 8.19. The van der Waals surface area contributed by atoms with Crippen molar-refractivity contribution in [1.29, 1.82) is 5.41 Å². The molecule has 1 aromatic heterocycles. The number of ether oxygens (including phenoxy) is 2. The van der Waals surface area contributed by atoms with Crippen LogP contribution in [-0.4, -0.2) is 44.1 Å². The molecular formula is C18H24N4O2. The van der Waals surface area contributed by atoms with E-state index in [0.717, 1.165) is 54.0 Å². The van der Waals surface area contributed by atoms with E-state index in [1.165, 1.54) is 0 Å². The number of hydrogen-bond acceptors (Lipinski definition) is 6. The van der Waals surface area contributed by atoms with Gasteiger partial charge in [0.05, 0.1) is 30.5 Å². The number of anilines is 2. The Balaban J connectivity index is 2.33. The highest BCUT2D eigenvalue weighted by Crippen LogP contribution is 2.37. The number of methoxy groups -OCH3 is 1. The number of fused-ring (bicyclic) bond motifs is 1. The lowest BCUT2D eigenvalue weighted by Crippen LogP contribution is -2.28. The molecule has 0 aliphatic carbocycles. The molecule has 1 saturated heterocycles. The quantitative estimate of drug-likeness (QED) is 0.846. The fourth-order valence-corrected chi connectivity index (χ4v) is 3.29. The van der Waals surface area contributed by atoms with Crippen LogP contribution in [0.3, 0.4) is 0 Å². The topological polar surface area (TPSA) is 84.5 Å². The summed E-state index contributed by atoms with van der Waals surface area (Å²) in [6.45, 7) is 6.83. The maximum absolute atomic E-state index is 8.21. The van der Waals surface area contributed by atoms with Gasteiger partial charge >= 0.3 is 0 Å². The zero-order valence-electron chi connectivity index (χ0n) is 14.5. The van der Waals surface area contributed by atoms with Crippen LogP contribution in [0.2, 0.25) is 0 Å². The zero-order valence-corrected chi connectivity index (χ0v) is 14.5. The van der Waals surface area contributed by atoms with Crippen LogP contribution >= 0.6 is 0 Å². The molecular weight excluding hydrogens is 304 g/mol. The van der Waals surface area contributed by atoms with Crippen LogP contribution in [0, 0.1) is 12.3 Å². The smallest absolute Gasteiger partial charge is 0.135 e. The van der Waals surface area contributed by atoms with E-state index >= 15 is 0 Å². The number of nitrogens with zero attached hydrogens (tertiary/aromatic N) is 2. The number of rotatable bonds is 3. The van der Waals surface area contributed by atoms with Crippen molar-refractivity contribution in [3.8, 4) is 5.75 Å². The third-order valence-corrected chi connectivity index (χ3v) is 4.40. The molecule has 0 amide bonds. The lowest BCUT2D eigenvalue weighted by Gasteiger charge is -2.27. The summed E-state index contributed by atoms with van der Waals surface area (Å²) in [4.78, 5) is 6.84. The third kappa shape index (κ3) is 2.89. The molecule has 1 aliphatic heterocycles. The average molecular weight is 328 g/mol. The summed E-state index contributed by atoms with van der Waals surface area (Å²) in [7, 11) is 1.66. The number of hydrogen-bond donors (Lipinski definition) is 2. The first-order chi connectivity index (χ1) is 11.5. The molecule has 3 N–H and O–H groups in total. The molecule has 24 heavy (non-hydrogen) atoms. The molecule has 2 heterocycles. The van der Waals surface area contributed by atoms with Gasteiger partial charge in [-0.25, -0.2) is 4.98 Å². The Labute approximate surface area is 142 Å². The maximum Gasteiger partial charge on any atom is 0.135 e. The van der Waals surface area contributed by atoms with E-state index < -0.39 is 0 Å². The summed E-state index contributed by atoms with van der Waals surface area (Å²) in [5.41, 5.74) is 10.2. The van der Waals surface area contributed by atoms with Gasteiger partial charge < -0.3 is 25.5 Å². The molecule has 0 unspecified atom stereocenters. The van der Waals surface area contributed by atoms with Gasteiger partial charge in [-0.1, -0.05) is 0 Å². The van der Waals surface area contributed by atoms with Crippen LogP contribution in [0.4, 0.5) is 11.5 Å². The van der Waals surface area contributed by atoms with E-state index in [-0.39, 0.29) is 0 Å². The van der Waals surface area contributed by atoms with Gasteiger partial charge in [-0.3, -0.25) is 0 Å². The number of nitrogen functional groups attached to an aromatic ring is 1. The van der Waals surface area contributed by atoms with Gasteiger partial charge in [-0.15, -0.1) is 0 Å². The highest BCUT2D eigenvalue weighted by atomic mass is 16.5. The SMILES string of the molecule is COc1cc(C)c2nc(N)c(C(C)=N)c(N3CCCOCC3)c2c1. The predicted molar refractivity (Wildman–Crippen MR) is 97.6 cm³/mol. The van der Waals surface area contributed by atoms with Crippen molar-refractivity contribution in [2.45, 2.75) is 20.3 Å². The van der Waals surface area contributed by atoms with Crippen molar-refractivity contribution in [2.75, 3.05) is 44.0 Å². The number of nitrogens with two attached hydrogens (primary N) is 1. The highest BCUT2D eigenvalue weighted by molar-refractivity contribution is 6.12. The maximum atomic E-state index is 8.21. The average Bonchev–Trinajstić information content (AvgIpc) is 2.83. The van der Waals surface area contributed by atoms with Crippen LogP contribution in [0.15, 0.2) is 12.1 Å².